The van der Waals surface area contributed by atoms with E-state index < -0.39 is 17.9 Å². The molecule has 1 rings (SSSR count). The third kappa shape index (κ3) is 5.00. The van der Waals surface area contributed by atoms with Crippen LogP contribution in [0.15, 0.2) is 12.7 Å². The lowest BCUT2D eigenvalue weighted by atomic mass is 9.92. The first-order chi connectivity index (χ1) is 9.43. The monoisotopic (exact) mass is 283 g/mol. The van der Waals surface area contributed by atoms with Gasteiger partial charge in [-0.3, -0.25) is 19.8 Å². The second kappa shape index (κ2) is 7.64. The van der Waals surface area contributed by atoms with E-state index in [1.807, 2.05) is 11.8 Å². The molecule has 1 saturated heterocycles. The Bertz CT molecular complexity index is 397. The molecule has 0 bridgehead atoms. The van der Waals surface area contributed by atoms with Gasteiger partial charge in [-0.05, 0) is 26.3 Å². The molecule has 0 saturated carbocycles. The van der Waals surface area contributed by atoms with Gasteiger partial charge in [0.2, 0.25) is 5.91 Å². The maximum Gasteiger partial charge on any atom is 0.321 e. The first-order valence-electron chi connectivity index (χ1n) is 6.59. The van der Waals surface area contributed by atoms with E-state index in [-0.39, 0.29) is 18.5 Å². The summed E-state index contributed by atoms with van der Waals surface area (Å²) in [6, 6.07) is -0.546. The Labute approximate surface area is 118 Å². The van der Waals surface area contributed by atoms with E-state index in [4.69, 9.17) is 5.11 Å². The number of likely N-dealkylation sites (tertiary alicyclic amines) is 1. The van der Waals surface area contributed by atoms with Crippen LogP contribution >= 0.6 is 0 Å². The van der Waals surface area contributed by atoms with Crippen molar-refractivity contribution in [3.05, 3.63) is 12.7 Å². The molecule has 7 nitrogen and oxygen atoms in total. The predicted molar refractivity (Wildman–Crippen MR) is 73.1 cm³/mol. The summed E-state index contributed by atoms with van der Waals surface area (Å²) in [5, 5.41) is 13.6. The molecule has 3 N–H and O–H groups in total. The number of urea groups is 1. The Balaban J connectivity index is 2.37. The molecule has 1 fully saturated rings. The minimum Gasteiger partial charge on any atom is -0.481 e. The first-order valence-corrected chi connectivity index (χ1v) is 6.59. The number of carboxylic acid groups (broad SMARTS) is 1. The fourth-order valence-electron chi connectivity index (χ4n) is 2.24. The second-order valence-electron chi connectivity index (χ2n) is 4.93. The van der Waals surface area contributed by atoms with E-state index >= 15 is 0 Å². The number of nitrogens with zero attached hydrogens (tertiary/aromatic N) is 1. The van der Waals surface area contributed by atoms with Gasteiger partial charge in [0, 0.05) is 12.6 Å². The Morgan fingerprint density at radius 3 is 2.70 bits per heavy atom. The predicted octanol–water partition coefficient (Wildman–Crippen LogP) is 0.183. The molecule has 0 aliphatic carbocycles. The molecule has 112 valence electrons. The molecule has 2 atom stereocenters. The van der Waals surface area contributed by atoms with Gasteiger partial charge < -0.3 is 10.4 Å². The van der Waals surface area contributed by atoms with E-state index in [1.54, 1.807) is 0 Å². The number of carbonyl (C=O) groups excluding carboxylic acids is 2. The summed E-state index contributed by atoms with van der Waals surface area (Å²) in [6.45, 7) is 6.27. The van der Waals surface area contributed by atoms with Gasteiger partial charge in [0.05, 0.1) is 12.5 Å². The Hall–Kier alpha value is -1.89. The molecule has 7 heteroatoms. The molecule has 0 spiro atoms. The minimum absolute atomic E-state index is 0.00633. The summed E-state index contributed by atoms with van der Waals surface area (Å²) in [6.07, 6.45) is 2.56. The maximum absolute atomic E-state index is 11.7. The van der Waals surface area contributed by atoms with Crippen molar-refractivity contribution >= 4 is 17.9 Å². The van der Waals surface area contributed by atoms with Gasteiger partial charge in [-0.1, -0.05) is 6.08 Å². The number of hydrogen-bond acceptors (Lipinski definition) is 4. The summed E-state index contributed by atoms with van der Waals surface area (Å²) in [7, 11) is 0. The van der Waals surface area contributed by atoms with Crippen LogP contribution in [-0.4, -0.2) is 53.6 Å². The molecule has 0 aromatic carbocycles. The molecule has 3 amide bonds. The van der Waals surface area contributed by atoms with Crippen molar-refractivity contribution < 1.29 is 19.5 Å². The average molecular weight is 283 g/mol. The van der Waals surface area contributed by atoms with E-state index in [1.165, 1.54) is 6.08 Å². The number of amides is 3. The van der Waals surface area contributed by atoms with Crippen LogP contribution in [0.1, 0.15) is 19.8 Å². The highest BCUT2D eigenvalue weighted by Gasteiger charge is 2.30. The summed E-state index contributed by atoms with van der Waals surface area (Å²) in [5.41, 5.74) is 0. The van der Waals surface area contributed by atoms with Crippen molar-refractivity contribution in [1.82, 2.24) is 15.5 Å². The summed E-state index contributed by atoms with van der Waals surface area (Å²) in [4.78, 5) is 35.8. The lowest BCUT2D eigenvalue weighted by Crippen LogP contribution is -2.49. The zero-order valence-corrected chi connectivity index (χ0v) is 11.6. The Kier molecular flexibility index (Phi) is 6.17. The Morgan fingerprint density at radius 1 is 1.45 bits per heavy atom. The molecule has 2 unspecified atom stereocenters. The van der Waals surface area contributed by atoms with Crippen LogP contribution in [0.4, 0.5) is 4.79 Å². The number of hydrogen-bond donors (Lipinski definition) is 3. The van der Waals surface area contributed by atoms with E-state index in [0.717, 1.165) is 0 Å². The number of carboxylic acids is 1. The molecule has 0 radical (unpaired) electrons. The van der Waals surface area contributed by atoms with Crippen LogP contribution in [0.25, 0.3) is 0 Å². The van der Waals surface area contributed by atoms with Crippen LogP contribution < -0.4 is 10.6 Å². The molecule has 1 heterocycles. The molecular weight excluding hydrogens is 262 g/mol. The Morgan fingerprint density at radius 2 is 2.15 bits per heavy atom. The van der Waals surface area contributed by atoms with Gasteiger partial charge in [0.1, 0.15) is 0 Å². The van der Waals surface area contributed by atoms with Gasteiger partial charge >= 0.3 is 12.0 Å². The van der Waals surface area contributed by atoms with Gasteiger partial charge in [0.15, 0.2) is 0 Å². The number of nitrogens with one attached hydrogen (secondary N) is 2. The van der Waals surface area contributed by atoms with Crippen molar-refractivity contribution in [2.45, 2.75) is 25.8 Å². The molecular formula is C13H21N3O4. The molecule has 1 aliphatic heterocycles. The zero-order chi connectivity index (χ0) is 15.1. The van der Waals surface area contributed by atoms with Crippen molar-refractivity contribution in [2.24, 2.45) is 5.92 Å². The third-order valence-electron chi connectivity index (χ3n) is 3.37. The fourth-order valence-corrected chi connectivity index (χ4v) is 2.24. The first kappa shape index (κ1) is 16.2. The van der Waals surface area contributed by atoms with Crippen LogP contribution in [-0.2, 0) is 9.59 Å². The highest BCUT2D eigenvalue weighted by Crippen LogP contribution is 2.22. The average Bonchev–Trinajstić information content (AvgIpc) is 2.38. The smallest absolute Gasteiger partial charge is 0.321 e. The fraction of sp³-hybridized carbons (Fsp3) is 0.615. The molecule has 0 aromatic rings. The van der Waals surface area contributed by atoms with E-state index in [0.29, 0.717) is 25.9 Å². The number of piperidine rings is 1. The van der Waals surface area contributed by atoms with E-state index in [9.17, 15) is 14.4 Å². The number of rotatable bonds is 5. The molecule has 1 aliphatic rings. The van der Waals surface area contributed by atoms with Gasteiger partial charge in [0.25, 0.3) is 0 Å². The number of imide groups is 1. The van der Waals surface area contributed by atoms with Crippen LogP contribution in [0.2, 0.25) is 0 Å². The quantitative estimate of drug-likeness (QED) is 0.625. The second-order valence-corrected chi connectivity index (χ2v) is 4.93. The van der Waals surface area contributed by atoms with Crippen molar-refractivity contribution in [2.75, 3.05) is 19.6 Å². The maximum atomic E-state index is 11.7. The largest absolute Gasteiger partial charge is 0.481 e. The van der Waals surface area contributed by atoms with E-state index in [2.05, 4.69) is 17.2 Å². The minimum atomic E-state index is -0.787. The normalized spacial score (nSPS) is 22.9. The lowest BCUT2D eigenvalue weighted by molar-refractivity contribution is -0.144. The van der Waals surface area contributed by atoms with Crippen LogP contribution in [0.3, 0.4) is 0 Å². The summed E-state index contributed by atoms with van der Waals surface area (Å²) >= 11 is 0. The lowest BCUT2D eigenvalue weighted by Gasteiger charge is -2.35. The third-order valence-corrected chi connectivity index (χ3v) is 3.37. The topological polar surface area (TPSA) is 98.7 Å². The summed E-state index contributed by atoms with van der Waals surface area (Å²) in [5.74, 6) is -1.53. The van der Waals surface area contributed by atoms with Crippen LogP contribution in [0.5, 0.6) is 0 Å². The molecule has 0 aromatic heterocycles. The number of carbonyl (C=O) groups is 3. The van der Waals surface area contributed by atoms with Crippen molar-refractivity contribution in [3.63, 3.8) is 0 Å². The SMILES string of the molecule is C=CCNC(=O)NC(=O)CN1CCC(C(=O)O)CC1C. The van der Waals surface area contributed by atoms with Gasteiger partial charge in [-0.15, -0.1) is 6.58 Å². The highest BCUT2D eigenvalue weighted by atomic mass is 16.4. The van der Waals surface area contributed by atoms with Crippen molar-refractivity contribution in [1.29, 1.82) is 0 Å². The summed E-state index contributed by atoms with van der Waals surface area (Å²) < 4.78 is 0. The van der Waals surface area contributed by atoms with Crippen LogP contribution in [0, 0.1) is 5.92 Å². The highest BCUT2D eigenvalue weighted by molar-refractivity contribution is 5.95. The standard InChI is InChI=1S/C13H21N3O4/c1-3-5-14-13(20)15-11(17)8-16-6-4-10(12(18)19)7-9(16)2/h3,9-10H,1,4-8H2,2H3,(H,18,19)(H2,14,15,17,20). The van der Waals surface area contributed by atoms with Gasteiger partial charge in [-0.25, -0.2) is 4.79 Å². The number of aliphatic carboxylic acids is 1. The van der Waals surface area contributed by atoms with Crippen molar-refractivity contribution in [3.8, 4) is 0 Å². The zero-order valence-electron chi connectivity index (χ0n) is 11.6. The van der Waals surface area contributed by atoms with Gasteiger partial charge in [-0.2, -0.15) is 0 Å². The molecule has 20 heavy (non-hydrogen) atoms.